The van der Waals surface area contributed by atoms with Crippen LogP contribution in [0.2, 0.25) is 0 Å². The van der Waals surface area contributed by atoms with Crippen molar-refractivity contribution >= 4 is 5.91 Å². The van der Waals surface area contributed by atoms with E-state index >= 15 is 0 Å². The molecule has 3 nitrogen and oxygen atoms in total. The van der Waals surface area contributed by atoms with E-state index in [2.05, 4.69) is 35.6 Å². The third kappa shape index (κ3) is 5.70. The molecule has 1 aliphatic rings. The van der Waals surface area contributed by atoms with Crippen LogP contribution in [0.25, 0.3) is 0 Å². The average Bonchev–Trinajstić information content (AvgIpc) is 3.47. The summed E-state index contributed by atoms with van der Waals surface area (Å²) in [5.74, 6) is 1.60. The quantitative estimate of drug-likeness (QED) is 0.625. The lowest BCUT2D eigenvalue weighted by Crippen LogP contribution is -2.40. The SMILES string of the molecule is N[C@@H](CCCCCC1CC1c1ccccc1)C(=O)NCc1ccccc1. The summed E-state index contributed by atoms with van der Waals surface area (Å²) in [5, 5.41) is 2.93. The fraction of sp³-hybridized carbons (Fsp3) is 0.435. The minimum atomic E-state index is -0.392. The van der Waals surface area contributed by atoms with Gasteiger partial charge < -0.3 is 11.1 Å². The first-order chi connectivity index (χ1) is 12.7. The second kappa shape index (κ2) is 9.54. The number of carbonyl (C=O) groups excluding carboxylic acids is 1. The van der Waals surface area contributed by atoms with Crippen molar-refractivity contribution in [2.45, 2.75) is 57.0 Å². The Kier molecular flexibility index (Phi) is 6.84. The van der Waals surface area contributed by atoms with Gasteiger partial charge in [0.15, 0.2) is 0 Å². The summed E-state index contributed by atoms with van der Waals surface area (Å²) < 4.78 is 0. The van der Waals surface area contributed by atoms with Gasteiger partial charge in [0, 0.05) is 6.54 Å². The average molecular weight is 351 g/mol. The Bertz CT molecular complexity index is 671. The molecule has 0 radical (unpaired) electrons. The molecule has 0 saturated heterocycles. The maximum Gasteiger partial charge on any atom is 0.237 e. The molecule has 3 N–H and O–H groups in total. The fourth-order valence-corrected chi connectivity index (χ4v) is 3.67. The molecule has 1 fully saturated rings. The molecule has 1 aliphatic carbocycles. The van der Waals surface area contributed by atoms with Crippen LogP contribution in [0.15, 0.2) is 60.7 Å². The minimum Gasteiger partial charge on any atom is -0.351 e. The number of carbonyl (C=O) groups is 1. The predicted molar refractivity (Wildman–Crippen MR) is 107 cm³/mol. The van der Waals surface area contributed by atoms with Gasteiger partial charge >= 0.3 is 0 Å². The highest BCUT2D eigenvalue weighted by Gasteiger charge is 2.37. The molecule has 0 bridgehead atoms. The molecule has 2 unspecified atom stereocenters. The van der Waals surface area contributed by atoms with Crippen LogP contribution in [-0.2, 0) is 11.3 Å². The number of hydrogen-bond donors (Lipinski definition) is 2. The van der Waals surface area contributed by atoms with Crippen molar-refractivity contribution < 1.29 is 4.79 Å². The molecule has 26 heavy (non-hydrogen) atoms. The standard InChI is InChI=1S/C23H30N2O/c24-22(23(26)25-17-18-10-4-1-5-11-18)15-9-3-8-14-20-16-21(20)19-12-6-2-7-13-19/h1-2,4-7,10-13,20-22H,3,8-9,14-17,24H2,(H,25,26)/t20?,21?,22-/m0/s1. The van der Waals surface area contributed by atoms with E-state index in [4.69, 9.17) is 5.73 Å². The number of amides is 1. The molecule has 2 aromatic carbocycles. The lowest BCUT2D eigenvalue weighted by Gasteiger charge is -2.12. The van der Waals surface area contributed by atoms with Crippen molar-refractivity contribution in [3.63, 3.8) is 0 Å². The van der Waals surface area contributed by atoms with Gasteiger partial charge in [-0.3, -0.25) is 4.79 Å². The monoisotopic (exact) mass is 350 g/mol. The maximum atomic E-state index is 12.1. The van der Waals surface area contributed by atoms with Crippen LogP contribution in [0.4, 0.5) is 0 Å². The van der Waals surface area contributed by atoms with Crippen LogP contribution >= 0.6 is 0 Å². The topological polar surface area (TPSA) is 55.1 Å². The van der Waals surface area contributed by atoms with Crippen molar-refractivity contribution in [2.75, 3.05) is 0 Å². The number of rotatable bonds is 10. The van der Waals surface area contributed by atoms with E-state index in [-0.39, 0.29) is 5.91 Å². The van der Waals surface area contributed by atoms with Crippen molar-refractivity contribution in [2.24, 2.45) is 11.7 Å². The number of benzene rings is 2. The van der Waals surface area contributed by atoms with Crippen LogP contribution in [0, 0.1) is 5.92 Å². The van der Waals surface area contributed by atoms with E-state index < -0.39 is 6.04 Å². The van der Waals surface area contributed by atoms with Gasteiger partial charge in [-0.1, -0.05) is 79.9 Å². The Morgan fingerprint density at radius 1 is 1.00 bits per heavy atom. The van der Waals surface area contributed by atoms with E-state index in [9.17, 15) is 4.79 Å². The fourth-order valence-electron chi connectivity index (χ4n) is 3.67. The van der Waals surface area contributed by atoms with E-state index in [0.717, 1.165) is 36.7 Å². The molecule has 0 aliphatic heterocycles. The molecule has 0 spiro atoms. The van der Waals surface area contributed by atoms with Crippen molar-refractivity contribution in [1.82, 2.24) is 5.32 Å². The van der Waals surface area contributed by atoms with E-state index in [1.165, 1.54) is 24.8 Å². The van der Waals surface area contributed by atoms with Crippen LogP contribution in [0.1, 0.15) is 55.6 Å². The van der Waals surface area contributed by atoms with Crippen molar-refractivity contribution in [3.8, 4) is 0 Å². The summed E-state index contributed by atoms with van der Waals surface area (Å²) >= 11 is 0. The third-order valence-corrected chi connectivity index (χ3v) is 5.39. The normalized spacial score (nSPS) is 19.7. The first-order valence-electron chi connectivity index (χ1n) is 9.86. The highest BCUT2D eigenvalue weighted by atomic mass is 16.2. The molecule has 1 amide bonds. The van der Waals surface area contributed by atoms with Gasteiger partial charge in [0.05, 0.1) is 6.04 Å². The number of nitrogens with one attached hydrogen (secondary N) is 1. The second-order valence-corrected chi connectivity index (χ2v) is 7.46. The first-order valence-corrected chi connectivity index (χ1v) is 9.86. The van der Waals surface area contributed by atoms with Gasteiger partial charge in [-0.15, -0.1) is 0 Å². The predicted octanol–water partition coefficient (Wildman–Crippen LogP) is 4.38. The van der Waals surface area contributed by atoms with Crippen LogP contribution < -0.4 is 11.1 Å². The molecular formula is C23H30N2O. The summed E-state index contributed by atoms with van der Waals surface area (Å²) in [6.07, 6.45) is 6.85. The van der Waals surface area contributed by atoms with Crippen LogP contribution in [0.5, 0.6) is 0 Å². The lowest BCUT2D eigenvalue weighted by molar-refractivity contribution is -0.122. The molecule has 3 rings (SSSR count). The Morgan fingerprint density at radius 3 is 2.42 bits per heavy atom. The molecular weight excluding hydrogens is 320 g/mol. The van der Waals surface area contributed by atoms with E-state index in [1.54, 1.807) is 0 Å². The lowest BCUT2D eigenvalue weighted by atomic mass is 10.0. The van der Waals surface area contributed by atoms with Gasteiger partial charge in [-0.05, 0) is 42.2 Å². The highest BCUT2D eigenvalue weighted by molar-refractivity contribution is 5.81. The van der Waals surface area contributed by atoms with Gasteiger partial charge in [-0.2, -0.15) is 0 Å². The van der Waals surface area contributed by atoms with Gasteiger partial charge in [0.25, 0.3) is 0 Å². The maximum absolute atomic E-state index is 12.1. The molecule has 0 aromatic heterocycles. The Labute approximate surface area is 157 Å². The smallest absolute Gasteiger partial charge is 0.237 e. The second-order valence-electron chi connectivity index (χ2n) is 7.46. The van der Waals surface area contributed by atoms with E-state index in [0.29, 0.717) is 6.54 Å². The molecule has 2 aromatic rings. The van der Waals surface area contributed by atoms with Crippen LogP contribution in [0.3, 0.4) is 0 Å². The van der Waals surface area contributed by atoms with Gasteiger partial charge in [0.1, 0.15) is 0 Å². The molecule has 3 atom stereocenters. The van der Waals surface area contributed by atoms with Gasteiger partial charge in [0.2, 0.25) is 5.91 Å². The minimum absolute atomic E-state index is 0.0415. The summed E-state index contributed by atoms with van der Waals surface area (Å²) in [4.78, 5) is 12.1. The zero-order valence-corrected chi connectivity index (χ0v) is 15.4. The van der Waals surface area contributed by atoms with Gasteiger partial charge in [-0.25, -0.2) is 0 Å². The summed E-state index contributed by atoms with van der Waals surface area (Å²) in [5.41, 5.74) is 8.62. The molecule has 138 valence electrons. The van der Waals surface area contributed by atoms with Crippen molar-refractivity contribution in [3.05, 3.63) is 71.8 Å². The highest BCUT2D eigenvalue weighted by Crippen LogP contribution is 2.50. The Morgan fingerprint density at radius 2 is 1.69 bits per heavy atom. The summed E-state index contributed by atoms with van der Waals surface area (Å²) in [6, 6.07) is 20.4. The first kappa shape index (κ1) is 18.7. The van der Waals surface area contributed by atoms with Crippen LogP contribution in [-0.4, -0.2) is 11.9 Å². The number of nitrogens with two attached hydrogens (primary N) is 1. The molecule has 1 saturated carbocycles. The zero-order chi connectivity index (χ0) is 18.2. The summed E-state index contributed by atoms with van der Waals surface area (Å²) in [7, 11) is 0. The largest absolute Gasteiger partial charge is 0.351 e. The molecule has 0 heterocycles. The number of unbranched alkanes of at least 4 members (excludes halogenated alkanes) is 2. The number of hydrogen-bond acceptors (Lipinski definition) is 2. The zero-order valence-electron chi connectivity index (χ0n) is 15.4. The third-order valence-electron chi connectivity index (χ3n) is 5.39. The Hall–Kier alpha value is -2.13. The van der Waals surface area contributed by atoms with E-state index in [1.807, 2.05) is 30.3 Å². The van der Waals surface area contributed by atoms with Crippen molar-refractivity contribution in [1.29, 1.82) is 0 Å². The summed E-state index contributed by atoms with van der Waals surface area (Å²) in [6.45, 7) is 0.552. The Balaban J connectivity index is 1.24. The molecule has 3 heteroatoms.